The van der Waals surface area contributed by atoms with Gasteiger partial charge in [-0.1, -0.05) is 0 Å². The van der Waals surface area contributed by atoms with E-state index >= 15 is 0 Å². The molecule has 0 aliphatic heterocycles. The van der Waals surface area contributed by atoms with Gasteiger partial charge in [-0.05, 0) is 0 Å². The minimum atomic E-state index is -4.92. The molecule has 0 fully saturated rings. The van der Waals surface area contributed by atoms with Gasteiger partial charge in [0, 0.05) is 0 Å². The van der Waals surface area contributed by atoms with Crippen LogP contribution in [0.25, 0.3) is 12.2 Å². The average Bonchev–Trinajstić information content (AvgIpc) is 3.52. The van der Waals surface area contributed by atoms with Crippen molar-refractivity contribution < 1.29 is 15.6 Å². The molecule has 0 nitrogen and oxygen atoms in total. The van der Waals surface area contributed by atoms with Crippen LogP contribution in [-0.4, -0.2) is 5.92 Å². The first kappa shape index (κ1) is 24.4. The summed E-state index contributed by atoms with van der Waals surface area (Å²) in [7, 11) is 17.0. The van der Waals surface area contributed by atoms with Gasteiger partial charge in [-0.3, -0.25) is 0 Å². The van der Waals surface area contributed by atoms with E-state index in [1.807, 2.05) is 0 Å². The zero-order valence-electron chi connectivity index (χ0n) is 20.5. The molecular formula is C32H29Cl2SiZr. The molecule has 0 bridgehead atoms. The molecule has 0 N–H and O–H groups in total. The van der Waals surface area contributed by atoms with Gasteiger partial charge < -0.3 is 0 Å². The van der Waals surface area contributed by atoms with Crippen LogP contribution in [-0.2, 0) is 15.6 Å². The molecule has 2 atom stereocenters. The second-order valence-corrected chi connectivity index (χ2v) is 48.8. The molecule has 0 saturated carbocycles. The van der Waals surface area contributed by atoms with Crippen LogP contribution in [0.15, 0.2) is 109 Å². The molecule has 4 aromatic rings. The van der Waals surface area contributed by atoms with Gasteiger partial charge in [-0.2, -0.15) is 0 Å². The molecule has 0 heterocycles. The van der Waals surface area contributed by atoms with Gasteiger partial charge in [0.15, 0.2) is 0 Å². The summed E-state index contributed by atoms with van der Waals surface area (Å²) in [6.45, 7) is 4.29. The number of fused-ring (bicyclic) bond motifs is 2. The van der Waals surface area contributed by atoms with Crippen molar-refractivity contribution in [2.75, 3.05) is 0 Å². The Hall–Kier alpha value is -1.96. The van der Waals surface area contributed by atoms with E-state index in [4.69, 9.17) is 17.0 Å². The SMILES string of the molecule is Cc1ccc([SiH](c2ccc(C)cc2)[Zr]([Cl])([Cl])([CH]2C=Cc3ccccc32)[CH]2C=Cc3ccccc32)cc1. The monoisotopic (exact) mass is 601 g/mol. The minimum absolute atomic E-state index is 0.0473. The van der Waals surface area contributed by atoms with Crippen LogP contribution in [0.3, 0.4) is 0 Å². The van der Waals surface area contributed by atoms with Crippen molar-refractivity contribution in [3.63, 3.8) is 0 Å². The first-order valence-electron chi connectivity index (χ1n) is 12.6. The zero-order valence-corrected chi connectivity index (χ0v) is 25.7. The van der Waals surface area contributed by atoms with Gasteiger partial charge in [0.1, 0.15) is 0 Å². The van der Waals surface area contributed by atoms with Gasteiger partial charge >= 0.3 is 225 Å². The van der Waals surface area contributed by atoms with E-state index in [1.165, 1.54) is 43.8 Å². The number of hydrogen-bond acceptors (Lipinski definition) is 0. The van der Waals surface area contributed by atoms with Crippen molar-refractivity contribution in [2.24, 2.45) is 0 Å². The predicted octanol–water partition coefficient (Wildman–Crippen LogP) is 7.67. The van der Waals surface area contributed by atoms with Crippen molar-refractivity contribution in [3.8, 4) is 0 Å². The maximum absolute atomic E-state index is 8.51. The summed E-state index contributed by atoms with van der Waals surface area (Å²) >= 11 is -4.92. The summed E-state index contributed by atoms with van der Waals surface area (Å²) in [5.74, 6) is -2.12. The molecular weight excluding hydrogens is 575 g/mol. The molecule has 0 amide bonds. The third kappa shape index (κ3) is 3.81. The Balaban J connectivity index is 1.68. The normalized spacial score (nSPS) is 19.2. The fourth-order valence-electron chi connectivity index (χ4n) is 6.36. The quantitative estimate of drug-likeness (QED) is 0.205. The Kier molecular flexibility index (Phi) is 6.17. The predicted molar refractivity (Wildman–Crippen MR) is 157 cm³/mol. The third-order valence-corrected chi connectivity index (χ3v) is 50.3. The van der Waals surface area contributed by atoms with Crippen molar-refractivity contribution in [1.29, 1.82) is 0 Å². The third-order valence-electron chi connectivity index (χ3n) is 8.16. The molecule has 4 aromatic carbocycles. The van der Waals surface area contributed by atoms with Crippen LogP contribution in [0.2, 0.25) is 0 Å². The van der Waals surface area contributed by atoms with Crippen LogP contribution in [0.4, 0.5) is 0 Å². The molecule has 6 rings (SSSR count). The Morgan fingerprint density at radius 3 is 1.36 bits per heavy atom. The molecule has 2 aliphatic rings. The van der Waals surface area contributed by atoms with E-state index in [9.17, 15) is 0 Å². The summed E-state index contributed by atoms with van der Waals surface area (Å²) < 4.78 is 0.0945. The number of rotatable bonds is 5. The second-order valence-electron chi connectivity index (χ2n) is 10.4. The Morgan fingerprint density at radius 1 is 0.556 bits per heavy atom. The maximum atomic E-state index is 8.51. The number of hydrogen-bond donors (Lipinski definition) is 0. The summed E-state index contributed by atoms with van der Waals surface area (Å²) in [5.41, 5.74) is 7.60. The van der Waals surface area contributed by atoms with Crippen molar-refractivity contribution in [2.45, 2.75) is 21.1 Å². The first-order chi connectivity index (χ1) is 17.4. The number of benzene rings is 4. The number of allylic oxidation sites excluding steroid dienone is 2. The van der Waals surface area contributed by atoms with Gasteiger partial charge in [0.2, 0.25) is 0 Å². The second kappa shape index (κ2) is 9.10. The van der Waals surface area contributed by atoms with Crippen molar-refractivity contribution in [3.05, 3.63) is 143 Å². The van der Waals surface area contributed by atoms with Crippen molar-refractivity contribution in [1.82, 2.24) is 0 Å². The fraction of sp³-hybridized carbons (Fsp3) is 0.125. The van der Waals surface area contributed by atoms with E-state index in [0.717, 1.165) is 0 Å². The molecule has 0 aromatic heterocycles. The van der Waals surface area contributed by atoms with Crippen LogP contribution in [0.1, 0.15) is 40.6 Å². The standard InChI is InChI=1S/C14H15Si.2C9H7.2ClH.Zr/c1-11-3-7-13(8-4-11)15-14-9-5-12(2)6-10-14;2*1-2-5-9-7-3-6-8(9)4-1;;;/h3-10,15H,1-2H3;2*1-7H;2*1H;/q;;;;;+2/p-2. The Bertz CT molecular complexity index is 1390. The van der Waals surface area contributed by atoms with Crippen LogP contribution in [0.5, 0.6) is 0 Å². The molecule has 0 spiro atoms. The van der Waals surface area contributed by atoms with E-state index in [-0.39, 0.29) is 7.25 Å². The summed E-state index contributed by atoms with van der Waals surface area (Å²) in [5, 5.41) is 2.69. The van der Waals surface area contributed by atoms with Gasteiger partial charge in [-0.15, -0.1) is 0 Å². The summed E-state index contributed by atoms with van der Waals surface area (Å²) in [6, 6.07) is 35.5. The number of halogens is 2. The van der Waals surface area contributed by atoms with Gasteiger partial charge in [0.05, 0.1) is 0 Å². The molecule has 2 aliphatic carbocycles. The van der Waals surface area contributed by atoms with Gasteiger partial charge in [0.25, 0.3) is 0 Å². The van der Waals surface area contributed by atoms with Gasteiger partial charge in [-0.25, -0.2) is 0 Å². The average molecular weight is 604 g/mol. The summed E-state index contributed by atoms with van der Waals surface area (Å²) in [4.78, 5) is 0. The van der Waals surface area contributed by atoms with Crippen LogP contribution >= 0.6 is 17.0 Å². The molecule has 0 saturated heterocycles. The Morgan fingerprint density at radius 2 is 0.944 bits per heavy atom. The summed E-state index contributed by atoms with van der Waals surface area (Å²) in [6.07, 6.45) is 9.18. The molecule has 0 radical (unpaired) electrons. The molecule has 4 heteroatoms. The van der Waals surface area contributed by atoms with Crippen LogP contribution < -0.4 is 10.4 Å². The fourth-order valence-corrected chi connectivity index (χ4v) is 51.8. The van der Waals surface area contributed by atoms with E-state index in [2.05, 4.69) is 135 Å². The zero-order chi connectivity index (χ0) is 24.9. The molecule has 2 unspecified atom stereocenters. The topological polar surface area (TPSA) is 0 Å². The van der Waals surface area contributed by atoms with Crippen molar-refractivity contribution >= 4 is 45.5 Å². The van der Waals surface area contributed by atoms with Crippen LogP contribution in [0, 0.1) is 13.8 Å². The van der Waals surface area contributed by atoms with E-state index in [1.54, 1.807) is 0 Å². The Labute approximate surface area is 223 Å². The molecule has 36 heavy (non-hydrogen) atoms. The van der Waals surface area contributed by atoms with E-state index in [0.29, 0.717) is 0 Å². The van der Waals surface area contributed by atoms with E-state index < -0.39 is 21.5 Å². The first-order valence-corrected chi connectivity index (χ1v) is 27.8. The number of aryl methyl sites for hydroxylation is 2. The molecule has 179 valence electrons.